The Morgan fingerprint density at radius 3 is 2.93 bits per heavy atom. The molecule has 0 spiro atoms. The van der Waals surface area contributed by atoms with Crippen LogP contribution in [0.25, 0.3) is 0 Å². The molecule has 2 N–H and O–H groups in total. The molecule has 0 aliphatic heterocycles. The third-order valence-electron chi connectivity index (χ3n) is 2.18. The minimum absolute atomic E-state index is 0.0294. The van der Waals surface area contributed by atoms with Crippen LogP contribution in [0.3, 0.4) is 0 Å². The molecular weight excluding hydrogens is 214 g/mol. The highest BCUT2D eigenvalue weighted by atomic mass is 35.5. The van der Waals surface area contributed by atoms with Crippen LogP contribution in [0.4, 0.5) is 11.6 Å². The minimum atomic E-state index is 0.0294. The molecular formula is C9H12ClN5. The number of nitrogens with two attached hydrogens (primary N) is 1. The van der Waals surface area contributed by atoms with Crippen molar-refractivity contribution in [2.75, 3.05) is 17.7 Å². The van der Waals surface area contributed by atoms with E-state index in [1.165, 1.54) is 6.33 Å². The van der Waals surface area contributed by atoms with E-state index in [0.717, 1.165) is 0 Å². The quantitative estimate of drug-likeness (QED) is 0.842. The van der Waals surface area contributed by atoms with E-state index in [2.05, 4.69) is 16.0 Å². The summed E-state index contributed by atoms with van der Waals surface area (Å²) in [5.41, 5.74) is 5.56. The van der Waals surface area contributed by atoms with Gasteiger partial charge in [0.25, 0.3) is 0 Å². The molecule has 6 heteroatoms. The van der Waals surface area contributed by atoms with Crippen molar-refractivity contribution in [3.63, 3.8) is 0 Å². The fraction of sp³-hybridized carbons (Fsp3) is 0.444. The molecule has 1 atom stereocenters. The maximum absolute atomic E-state index is 8.59. The maximum Gasteiger partial charge on any atom is 0.153 e. The van der Waals surface area contributed by atoms with E-state index in [1.54, 1.807) is 0 Å². The van der Waals surface area contributed by atoms with Gasteiger partial charge in [-0.2, -0.15) is 5.26 Å². The molecule has 1 heterocycles. The van der Waals surface area contributed by atoms with Gasteiger partial charge in [0.2, 0.25) is 0 Å². The number of halogens is 1. The van der Waals surface area contributed by atoms with E-state index >= 15 is 0 Å². The molecule has 1 aromatic heterocycles. The second-order valence-corrected chi connectivity index (χ2v) is 3.60. The van der Waals surface area contributed by atoms with Crippen molar-refractivity contribution in [2.45, 2.75) is 19.4 Å². The number of nitriles is 1. The zero-order chi connectivity index (χ0) is 11.4. The SMILES string of the molecule is CC(CC#N)N(C)c1ncnc(N)c1Cl. The van der Waals surface area contributed by atoms with Gasteiger partial charge in [0.1, 0.15) is 17.2 Å². The first-order valence-corrected chi connectivity index (χ1v) is 4.81. The zero-order valence-electron chi connectivity index (χ0n) is 8.61. The number of rotatable bonds is 3. The molecule has 0 aliphatic rings. The highest BCUT2D eigenvalue weighted by Gasteiger charge is 2.15. The molecule has 1 aromatic rings. The van der Waals surface area contributed by atoms with E-state index in [0.29, 0.717) is 17.3 Å². The highest BCUT2D eigenvalue weighted by molar-refractivity contribution is 6.35. The minimum Gasteiger partial charge on any atom is -0.382 e. The third-order valence-corrected chi connectivity index (χ3v) is 2.54. The van der Waals surface area contributed by atoms with Crippen LogP contribution < -0.4 is 10.6 Å². The van der Waals surface area contributed by atoms with Crippen molar-refractivity contribution in [3.05, 3.63) is 11.3 Å². The molecule has 0 bridgehead atoms. The Bertz CT molecular complexity index is 387. The Hall–Kier alpha value is -1.54. The molecule has 0 saturated heterocycles. The Morgan fingerprint density at radius 2 is 2.33 bits per heavy atom. The first-order chi connectivity index (χ1) is 7.07. The molecule has 1 unspecified atom stereocenters. The second kappa shape index (κ2) is 4.80. The molecule has 0 amide bonds. The van der Waals surface area contributed by atoms with Crippen LogP contribution in [-0.2, 0) is 0 Å². The largest absolute Gasteiger partial charge is 0.382 e. The maximum atomic E-state index is 8.59. The number of nitrogen functional groups attached to an aromatic ring is 1. The van der Waals surface area contributed by atoms with E-state index in [4.69, 9.17) is 22.6 Å². The number of hydrogen-bond acceptors (Lipinski definition) is 5. The summed E-state index contributed by atoms with van der Waals surface area (Å²) in [5.74, 6) is 0.796. The summed E-state index contributed by atoms with van der Waals surface area (Å²) in [6.45, 7) is 1.91. The van der Waals surface area contributed by atoms with Gasteiger partial charge in [-0.15, -0.1) is 0 Å². The van der Waals surface area contributed by atoms with E-state index in [-0.39, 0.29) is 11.9 Å². The average Bonchev–Trinajstić information content (AvgIpc) is 2.21. The number of anilines is 2. The van der Waals surface area contributed by atoms with Crippen LogP contribution in [0.2, 0.25) is 5.02 Å². The molecule has 15 heavy (non-hydrogen) atoms. The molecule has 80 valence electrons. The summed E-state index contributed by atoms with van der Waals surface area (Å²) >= 11 is 5.96. The first-order valence-electron chi connectivity index (χ1n) is 4.43. The van der Waals surface area contributed by atoms with Crippen LogP contribution in [-0.4, -0.2) is 23.1 Å². The van der Waals surface area contributed by atoms with Crippen molar-refractivity contribution >= 4 is 23.2 Å². The normalized spacial score (nSPS) is 11.9. The highest BCUT2D eigenvalue weighted by Crippen LogP contribution is 2.27. The van der Waals surface area contributed by atoms with Gasteiger partial charge >= 0.3 is 0 Å². The third kappa shape index (κ3) is 2.48. The summed E-state index contributed by atoms with van der Waals surface area (Å²) in [5, 5.41) is 8.91. The van der Waals surface area contributed by atoms with Gasteiger partial charge in [0, 0.05) is 13.1 Å². The zero-order valence-corrected chi connectivity index (χ0v) is 9.36. The van der Waals surface area contributed by atoms with Crippen LogP contribution in [0, 0.1) is 11.3 Å². The topological polar surface area (TPSA) is 78.8 Å². The number of hydrogen-bond donors (Lipinski definition) is 1. The summed E-state index contributed by atoms with van der Waals surface area (Å²) < 4.78 is 0. The Labute approximate surface area is 93.5 Å². The molecule has 0 radical (unpaired) electrons. The van der Waals surface area contributed by atoms with Gasteiger partial charge in [-0.05, 0) is 6.92 Å². The summed E-state index contributed by atoms with van der Waals surface area (Å²) in [6.07, 6.45) is 1.75. The van der Waals surface area contributed by atoms with Crippen LogP contribution >= 0.6 is 11.6 Å². The van der Waals surface area contributed by atoms with Crippen molar-refractivity contribution in [1.29, 1.82) is 5.26 Å². The van der Waals surface area contributed by atoms with Crippen molar-refractivity contribution in [3.8, 4) is 6.07 Å². The van der Waals surface area contributed by atoms with Crippen LogP contribution in [0.1, 0.15) is 13.3 Å². The molecule has 0 saturated carbocycles. The lowest BCUT2D eigenvalue weighted by Crippen LogP contribution is -2.29. The standard InChI is InChI=1S/C9H12ClN5/c1-6(3-4-11)15(2)9-7(10)8(12)13-5-14-9/h5-6H,3H2,1-2H3,(H2,12,13,14). The second-order valence-electron chi connectivity index (χ2n) is 3.22. The van der Waals surface area contributed by atoms with Gasteiger partial charge < -0.3 is 10.6 Å². The van der Waals surface area contributed by atoms with Gasteiger partial charge in [-0.3, -0.25) is 0 Å². The van der Waals surface area contributed by atoms with Crippen molar-refractivity contribution < 1.29 is 0 Å². The van der Waals surface area contributed by atoms with Gasteiger partial charge in [-0.1, -0.05) is 11.6 Å². The van der Waals surface area contributed by atoms with Gasteiger partial charge in [0.05, 0.1) is 12.5 Å². The van der Waals surface area contributed by atoms with Gasteiger partial charge in [-0.25, -0.2) is 9.97 Å². The summed E-state index contributed by atoms with van der Waals surface area (Å²) in [6, 6.07) is 2.12. The Kier molecular flexibility index (Phi) is 3.69. The van der Waals surface area contributed by atoms with Crippen LogP contribution in [0.15, 0.2) is 6.33 Å². The summed E-state index contributed by atoms with van der Waals surface area (Å²) in [4.78, 5) is 9.62. The molecule has 0 aromatic carbocycles. The smallest absolute Gasteiger partial charge is 0.153 e. The fourth-order valence-electron chi connectivity index (χ4n) is 1.10. The van der Waals surface area contributed by atoms with Crippen LogP contribution in [0.5, 0.6) is 0 Å². The lowest BCUT2D eigenvalue weighted by Gasteiger charge is -2.24. The monoisotopic (exact) mass is 225 g/mol. The van der Waals surface area contributed by atoms with Crippen molar-refractivity contribution in [2.24, 2.45) is 0 Å². The fourth-order valence-corrected chi connectivity index (χ4v) is 1.33. The van der Waals surface area contributed by atoms with E-state index < -0.39 is 0 Å². The average molecular weight is 226 g/mol. The predicted octanol–water partition coefficient (Wildman–Crippen LogP) is 1.45. The molecule has 0 fully saturated rings. The van der Waals surface area contributed by atoms with E-state index in [9.17, 15) is 0 Å². The van der Waals surface area contributed by atoms with E-state index in [1.807, 2.05) is 18.9 Å². The molecule has 0 aliphatic carbocycles. The summed E-state index contributed by atoms with van der Waals surface area (Å²) in [7, 11) is 1.82. The predicted molar refractivity (Wildman–Crippen MR) is 59.5 cm³/mol. The number of aromatic nitrogens is 2. The molecule has 1 rings (SSSR count). The molecule has 5 nitrogen and oxygen atoms in total. The van der Waals surface area contributed by atoms with Crippen molar-refractivity contribution in [1.82, 2.24) is 9.97 Å². The van der Waals surface area contributed by atoms with Gasteiger partial charge in [0.15, 0.2) is 5.82 Å². The Balaban J connectivity index is 2.96. The lowest BCUT2D eigenvalue weighted by atomic mass is 10.2. The Morgan fingerprint density at radius 1 is 1.67 bits per heavy atom. The first kappa shape index (κ1) is 11.5. The lowest BCUT2D eigenvalue weighted by molar-refractivity contribution is 0.693. The number of nitrogens with zero attached hydrogens (tertiary/aromatic N) is 4.